The van der Waals surface area contributed by atoms with E-state index in [1.54, 1.807) is 0 Å². The average molecular weight is 321 g/mol. The van der Waals surface area contributed by atoms with Crippen molar-refractivity contribution in [2.75, 3.05) is 13.2 Å². The zero-order chi connectivity index (χ0) is 16.9. The molecule has 6 heteroatoms. The first kappa shape index (κ1) is 19.1. The molecule has 0 aliphatic rings. The van der Waals surface area contributed by atoms with Crippen LogP contribution in [0.2, 0.25) is 0 Å². The lowest BCUT2D eigenvalue weighted by atomic mass is 10.0. The van der Waals surface area contributed by atoms with Crippen LogP contribution >= 0.6 is 0 Å². The summed E-state index contributed by atoms with van der Waals surface area (Å²) in [5, 5.41) is 3.81. The molecular weight excluding hydrogens is 294 g/mol. The molecule has 0 aliphatic heterocycles. The third-order valence-electron chi connectivity index (χ3n) is 3.56. The summed E-state index contributed by atoms with van der Waals surface area (Å²) in [5.41, 5.74) is 6.34. The Morgan fingerprint density at radius 2 is 2.09 bits per heavy atom. The molecular formula is C17H27N3O3. The van der Waals surface area contributed by atoms with Gasteiger partial charge in [-0.3, -0.25) is 14.4 Å². The Morgan fingerprint density at radius 3 is 2.70 bits per heavy atom. The van der Waals surface area contributed by atoms with E-state index in [2.05, 4.69) is 12.2 Å². The molecule has 0 radical (unpaired) electrons. The van der Waals surface area contributed by atoms with E-state index in [4.69, 9.17) is 10.6 Å². The number of unbranched alkanes of at least 4 members (excludes halogenated alkanes) is 2. The van der Waals surface area contributed by atoms with Crippen LogP contribution < -0.4 is 11.1 Å². The molecule has 0 fully saturated rings. The van der Waals surface area contributed by atoms with Crippen LogP contribution in [0.15, 0.2) is 30.3 Å². The molecule has 0 spiro atoms. The molecule has 0 bridgehead atoms. The highest BCUT2D eigenvalue weighted by atomic mass is 16.7. The summed E-state index contributed by atoms with van der Waals surface area (Å²) in [6.07, 6.45) is 4.39. The van der Waals surface area contributed by atoms with Crippen LogP contribution in [-0.2, 0) is 21.0 Å². The summed E-state index contributed by atoms with van der Waals surface area (Å²) in [6.45, 7) is 2.72. The van der Waals surface area contributed by atoms with Crippen molar-refractivity contribution in [2.24, 2.45) is 11.7 Å². The number of amides is 2. The van der Waals surface area contributed by atoms with Gasteiger partial charge in [-0.1, -0.05) is 56.5 Å². The lowest BCUT2D eigenvalue weighted by Crippen LogP contribution is -2.40. The summed E-state index contributed by atoms with van der Waals surface area (Å²) >= 11 is 0. The maximum absolute atomic E-state index is 12.1. The number of nitrogens with one attached hydrogen (secondary N) is 1. The van der Waals surface area contributed by atoms with Crippen molar-refractivity contribution in [3.05, 3.63) is 35.9 Å². The van der Waals surface area contributed by atoms with Gasteiger partial charge >= 0.3 is 0 Å². The van der Waals surface area contributed by atoms with E-state index in [1.165, 1.54) is 5.06 Å². The predicted octanol–water partition coefficient (Wildman–Crippen LogP) is 1.81. The first-order valence-corrected chi connectivity index (χ1v) is 8.07. The quantitative estimate of drug-likeness (QED) is 0.266. The summed E-state index contributed by atoms with van der Waals surface area (Å²) in [6, 6.07) is 9.58. The van der Waals surface area contributed by atoms with Gasteiger partial charge in [0.2, 0.25) is 12.3 Å². The van der Waals surface area contributed by atoms with Crippen molar-refractivity contribution in [1.82, 2.24) is 10.4 Å². The summed E-state index contributed by atoms with van der Waals surface area (Å²) in [4.78, 5) is 28.8. The molecule has 1 rings (SSSR count). The van der Waals surface area contributed by atoms with Gasteiger partial charge in [0.25, 0.3) is 0 Å². The standard InChI is InChI=1S/C17H27N3O3/c1-2-3-5-10-16(17(22)19-13-18)11-20(14-21)23-12-15-8-6-4-7-9-15/h4,6-9,14,16H,2-3,5,10-13,18H2,1H3,(H,19,22). The molecule has 1 aromatic rings. The van der Waals surface area contributed by atoms with Crippen LogP contribution in [0.5, 0.6) is 0 Å². The SMILES string of the molecule is CCCCCC(CN(C=O)OCc1ccccc1)C(=O)NCN. The molecule has 2 amide bonds. The number of carbonyl (C=O) groups excluding carboxylic acids is 2. The Morgan fingerprint density at radius 1 is 1.35 bits per heavy atom. The van der Waals surface area contributed by atoms with Crippen LogP contribution in [0.1, 0.15) is 38.2 Å². The lowest BCUT2D eigenvalue weighted by Gasteiger charge is -2.23. The van der Waals surface area contributed by atoms with E-state index < -0.39 is 0 Å². The molecule has 128 valence electrons. The molecule has 6 nitrogen and oxygen atoms in total. The van der Waals surface area contributed by atoms with Gasteiger partial charge in [0.05, 0.1) is 19.1 Å². The first-order chi connectivity index (χ1) is 11.2. The maximum Gasteiger partial charge on any atom is 0.233 e. The summed E-state index contributed by atoms with van der Waals surface area (Å²) < 4.78 is 0. The van der Waals surface area contributed by atoms with Crippen LogP contribution in [-0.4, -0.2) is 30.6 Å². The van der Waals surface area contributed by atoms with E-state index in [0.717, 1.165) is 24.8 Å². The Labute approximate surface area is 137 Å². The molecule has 1 unspecified atom stereocenters. The van der Waals surface area contributed by atoms with Crippen molar-refractivity contribution in [3.63, 3.8) is 0 Å². The van der Waals surface area contributed by atoms with Crippen LogP contribution in [0.25, 0.3) is 0 Å². The van der Waals surface area contributed by atoms with Crippen LogP contribution in [0.4, 0.5) is 0 Å². The fourth-order valence-corrected chi connectivity index (χ4v) is 2.27. The molecule has 0 saturated carbocycles. The van der Waals surface area contributed by atoms with E-state index in [9.17, 15) is 9.59 Å². The highest BCUT2D eigenvalue weighted by molar-refractivity contribution is 5.79. The van der Waals surface area contributed by atoms with Gasteiger partial charge in [-0.05, 0) is 12.0 Å². The first-order valence-electron chi connectivity index (χ1n) is 8.07. The third kappa shape index (κ3) is 7.76. The largest absolute Gasteiger partial charge is 0.343 e. The fraction of sp³-hybridized carbons (Fsp3) is 0.529. The predicted molar refractivity (Wildman–Crippen MR) is 88.8 cm³/mol. The number of rotatable bonds is 12. The van der Waals surface area contributed by atoms with E-state index >= 15 is 0 Å². The summed E-state index contributed by atoms with van der Waals surface area (Å²) in [7, 11) is 0. The Bertz CT molecular complexity index is 454. The topological polar surface area (TPSA) is 84.7 Å². The van der Waals surface area contributed by atoms with Gasteiger partial charge in [-0.15, -0.1) is 0 Å². The van der Waals surface area contributed by atoms with Crippen molar-refractivity contribution >= 4 is 12.3 Å². The fourth-order valence-electron chi connectivity index (χ4n) is 2.27. The Balaban J connectivity index is 2.54. The van der Waals surface area contributed by atoms with Gasteiger partial charge in [0, 0.05) is 0 Å². The monoisotopic (exact) mass is 321 g/mol. The lowest BCUT2D eigenvalue weighted by molar-refractivity contribution is -0.182. The number of hydrogen-bond donors (Lipinski definition) is 2. The van der Waals surface area contributed by atoms with Crippen molar-refractivity contribution < 1.29 is 14.4 Å². The molecule has 0 heterocycles. The smallest absolute Gasteiger partial charge is 0.233 e. The zero-order valence-electron chi connectivity index (χ0n) is 13.7. The van der Waals surface area contributed by atoms with Gasteiger partial charge in [-0.25, -0.2) is 5.06 Å². The molecule has 3 N–H and O–H groups in total. The zero-order valence-corrected chi connectivity index (χ0v) is 13.7. The molecule has 0 saturated heterocycles. The number of nitrogens with two attached hydrogens (primary N) is 1. The van der Waals surface area contributed by atoms with Crippen molar-refractivity contribution in [3.8, 4) is 0 Å². The van der Waals surface area contributed by atoms with Crippen LogP contribution in [0, 0.1) is 5.92 Å². The molecule has 1 aromatic carbocycles. The minimum atomic E-state index is -0.314. The Hall–Kier alpha value is -1.92. The van der Waals surface area contributed by atoms with Crippen LogP contribution in [0.3, 0.4) is 0 Å². The van der Waals surface area contributed by atoms with E-state index in [1.807, 2.05) is 30.3 Å². The number of carbonyl (C=O) groups is 2. The normalized spacial score (nSPS) is 11.7. The number of hydroxylamine groups is 2. The highest BCUT2D eigenvalue weighted by Crippen LogP contribution is 2.13. The number of hydrogen-bond acceptors (Lipinski definition) is 4. The molecule has 0 aliphatic carbocycles. The average Bonchev–Trinajstić information content (AvgIpc) is 2.58. The molecule has 0 aromatic heterocycles. The number of nitrogens with zero attached hydrogens (tertiary/aromatic N) is 1. The highest BCUT2D eigenvalue weighted by Gasteiger charge is 2.21. The summed E-state index contributed by atoms with van der Waals surface area (Å²) in [5.74, 6) is -0.454. The second-order valence-corrected chi connectivity index (χ2v) is 5.40. The number of benzene rings is 1. The maximum atomic E-state index is 12.1. The van der Waals surface area contributed by atoms with Gasteiger partial charge in [0.15, 0.2) is 0 Å². The van der Waals surface area contributed by atoms with Crippen molar-refractivity contribution in [1.29, 1.82) is 0 Å². The second kappa shape index (κ2) is 11.6. The van der Waals surface area contributed by atoms with Gasteiger partial charge in [0.1, 0.15) is 6.61 Å². The second-order valence-electron chi connectivity index (χ2n) is 5.40. The van der Waals surface area contributed by atoms with Gasteiger partial charge in [-0.2, -0.15) is 0 Å². The van der Waals surface area contributed by atoms with E-state index in [-0.39, 0.29) is 25.0 Å². The minimum absolute atomic E-state index is 0.0923. The molecule has 1 atom stereocenters. The van der Waals surface area contributed by atoms with Gasteiger partial charge < -0.3 is 11.1 Å². The van der Waals surface area contributed by atoms with E-state index in [0.29, 0.717) is 19.4 Å². The minimum Gasteiger partial charge on any atom is -0.343 e. The Kier molecular flexibility index (Phi) is 9.66. The van der Waals surface area contributed by atoms with Crippen molar-refractivity contribution in [2.45, 2.75) is 39.2 Å². The molecule has 23 heavy (non-hydrogen) atoms. The third-order valence-corrected chi connectivity index (χ3v) is 3.56.